The van der Waals surface area contributed by atoms with E-state index in [1.165, 1.54) is 16.7 Å². The van der Waals surface area contributed by atoms with Crippen LogP contribution in [-0.2, 0) is 6.42 Å². The van der Waals surface area contributed by atoms with Gasteiger partial charge in [0, 0.05) is 13.0 Å². The van der Waals surface area contributed by atoms with E-state index < -0.39 is 0 Å². The molecule has 3 aromatic carbocycles. The maximum atomic E-state index is 6.45. The van der Waals surface area contributed by atoms with Crippen molar-refractivity contribution in [2.24, 2.45) is 0 Å². The number of rotatable bonds is 7. The van der Waals surface area contributed by atoms with Gasteiger partial charge in [-0.1, -0.05) is 60.7 Å². The fourth-order valence-corrected chi connectivity index (χ4v) is 3.84. The first-order valence-corrected chi connectivity index (χ1v) is 10.4. The van der Waals surface area contributed by atoms with E-state index in [9.17, 15) is 0 Å². The van der Waals surface area contributed by atoms with Crippen molar-refractivity contribution < 1.29 is 9.47 Å². The van der Waals surface area contributed by atoms with Gasteiger partial charge in [-0.3, -0.25) is 0 Å². The molecule has 0 saturated heterocycles. The molecule has 0 aromatic heterocycles. The summed E-state index contributed by atoms with van der Waals surface area (Å²) in [6.07, 6.45) is 3.11. The molecule has 0 amide bonds. The Morgan fingerprint density at radius 1 is 0.966 bits per heavy atom. The maximum absolute atomic E-state index is 6.45. The van der Waals surface area contributed by atoms with Gasteiger partial charge in [0.2, 0.25) is 0 Å². The van der Waals surface area contributed by atoms with E-state index in [0.29, 0.717) is 0 Å². The summed E-state index contributed by atoms with van der Waals surface area (Å²) in [7, 11) is 4.20. The van der Waals surface area contributed by atoms with Gasteiger partial charge in [0.1, 0.15) is 23.7 Å². The predicted octanol–water partition coefficient (Wildman–Crippen LogP) is 5.82. The van der Waals surface area contributed by atoms with Crippen molar-refractivity contribution in [2.45, 2.75) is 31.5 Å². The fraction of sp³-hybridized carbons (Fsp3) is 0.308. The zero-order valence-electron chi connectivity index (χ0n) is 17.3. The molecule has 1 aliphatic rings. The average molecular weight is 388 g/mol. The highest BCUT2D eigenvalue weighted by atomic mass is 16.5. The quantitative estimate of drug-likeness (QED) is 0.509. The molecule has 3 aromatic rings. The van der Waals surface area contributed by atoms with Crippen molar-refractivity contribution in [1.29, 1.82) is 0 Å². The monoisotopic (exact) mass is 387 g/mol. The van der Waals surface area contributed by atoms with E-state index in [0.717, 1.165) is 37.3 Å². The smallest absolute Gasteiger partial charge is 0.125 e. The summed E-state index contributed by atoms with van der Waals surface area (Å²) in [5, 5.41) is 0. The normalized spacial score (nSPS) is 16.7. The van der Waals surface area contributed by atoms with Crippen LogP contribution < -0.4 is 9.47 Å². The predicted molar refractivity (Wildman–Crippen MR) is 118 cm³/mol. The Morgan fingerprint density at radius 3 is 2.41 bits per heavy atom. The largest absolute Gasteiger partial charge is 0.486 e. The molecule has 0 aliphatic carbocycles. The van der Waals surface area contributed by atoms with Crippen molar-refractivity contribution in [3.63, 3.8) is 0 Å². The van der Waals surface area contributed by atoms with Gasteiger partial charge in [-0.2, -0.15) is 0 Å². The van der Waals surface area contributed by atoms with Crippen molar-refractivity contribution in [1.82, 2.24) is 4.90 Å². The van der Waals surface area contributed by atoms with E-state index in [2.05, 4.69) is 79.7 Å². The molecule has 150 valence electrons. The van der Waals surface area contributed by atoms with Gasteiger partial charge in [-0.15, -0.1) is 0 Å². The van der Waals surface area contributed by atoms with Crippen LogP contribution in [-0.4, -0.2) is 25.5 Å². The zero-order chi connectivity index (χ0) is 20.1. The summed E-state index contributed by atoms with van der Waals surface area (Å²) < 4.78 is 12.7. The number of hydrogen-bond donors (Lipinski definition) is 0. The third-order valence-corrected chi connectivity index (χ3v) is 5.44. The minimum Gasteiger partial charge on any atom is -0.486 e. The van der Waals surface area contributed by atoms with Crippen LogP contribution in [0.4, 0.5) is 0 Å². The third kappa shape index (κ3) is 4.99. The Bertz CT molecular complexity index is 909. The average Bonchev–Trinajstić information content (AvgIpc) is 2.77. The van der Waals surface area contributed by atoms with Gasteiger partial charge in [0.25, 0.3) is 0 Å². The molecule has 0 radical (unpaired) electrons. The summed E-state index contributed by atoms with van der Waals surface area (Å²) in [5.74, 6) is 1.89. The molecule has 3 heteroatoms. The Balaban J connectivity index is 1.49. The number of nitrogens with zero attached hydrogens (tertiary/aromatic N) is 1. The lowest BCUT2D eigenvalue weighted by atomic mass is 9.97. The van der Waals surface area contributed by atoms with Crippen molar-refractivity contribution in [3.05, 3.63) is 95.6 Å². The highest BCUT2D eigenvalue weighted by molar-refractivity contribution is 5.42. The first-order valence-electron chi connectivity index (χ1n) is 10.4. The summed E-state index contributed by atoms with van der Waals surface area (Å²) in [6, 6.07) is 27.2. The molecule has 0 spiro atoms. The molecule has 0 saturated carbocycles. The van der Waals surface area contributed by atoms with Crippen LogP contribution in [0.2, 0.25) is 0 Å². The highest BCUT2D eigenvalue weighted by Crippen LogP contribution is 2.37. The fourth-order valence-electron chi connectivity index (χ4n) is 3.84. The second-order valence-corrected chi connectivity index (χ2v) is 7.93. The minimum absolute atomic E-state index is 0.0400. The lowest BCUT2D eigenvalue weighted by Gasteiger charge is -2.27. The molecular formula is C26H29NO2. The second-order valence-electron chi connectivity index (χ2n) is 7.93. The molecule has 2 unspecified atom stereocenters. The van der Waals surface area contributed by atoms with Crippen LogP contribution in [0.1, 0.15) is 41.7 Å². The van der Waals surface area contributed by atoms with Gasteiger partial charge in [0.05, 0.1) is 0 Å². The number of aryl methyl sites for hydroxylation is 1. The number of ether oxygens (including phenoxy) is 2. The molecular weight excluding hydrogens is 358 g/mol. The van der Waals surface area contributed by atoms with E-state index in [1.54, 1.807) is 0 Å². The molecule has 0 bridgehead atoms. The number of fused-ring (bicyclic) bond motifs is 1. The Labute approximate surface area is 173 Å². The van der Waals surface area contributed by atoms with Gasteiger partial charge in [-0.25, -0.2) is 0 Å². The van der Waals surface area contributed by atoms with Gasteiger partial charge in [-0.05, 0) is 61.8 Å². The zero-order valence-corrected chi connectivity index (χ0v) is 17.3. The first kappa shape index (κ1) is 19.5. The molecule has 4 rings (SSSR count). The van der Waals surface area contributed by atoms with Crippen LogP contribution in [0, 0.1) is 0 Å². The highest BCUT2D eigenvalue weighted by Gasteiger charge is 2.22. The van der Waals surface area contributed by atoms with Crippen LogP contribution in [0.25, 0.3) is 0 Å². The van der Waals surface area contributed by atoms with Crippen LogP contribution >= 0.6 is 0 Å². The molecule has 1 aliphatic heterocycles. The molecule has 1 heterocycles. The molecule has 0 fully saturated rings. The standard InChI is InChI=1S/C26H29NO2/c1-27(2)18-17-26(21-11-7-4-8-12-21)28-23-14-16-25-22(19-23)13-15-24(29-25)20-9-5-3-6-10-20/h3-12,14,16,19,24,26H,13,15,17-18H2,1-2H3. The third-order valence-electron chi connectivity index (χ3n) is 5.44. The Morgan fingerprint density at radius 2 is 1.69 bits per heavy atom. The summed E-state index contributed by atoms with van der Waals surface area (Å²) in [4.78, 5) is 2.20. The van der Waals surface area contributed by atoms with Gasteiger partial charge >= 0.3 is 0 Å². The topological polar surface area (TPSA) is 21.7 Å². The molecule has 0 N–H and O–H groups in total. The van der Waals surface area contributed by atoms with Crippen molar-refractivity contribution in [2.75, 3.05) is 20.6 Å². The summed E-state index contributed by atoms with van der Waals surface area (Å²) in [5.41, 5.74) is 3.69. The van der Waals surface area contributed by atoms with Crippen molar-refractivity contribution in [3.8, 4) is 11.5 Å². The van der Waals surface area contributed by atoms with Gasteiger partial charge in [0.15, 0.2) is 0 Å². The summed E-state index contributed by atoms with van der Waals surface area (Å²) >= 11 is 0. The Kier molecular flexibility index (Phi) is 6.16. The van der Waals surface area contributed by atoms with E-state index in [-0.39, 0.29) is 12.2 Å². The SMILES string of the molecule is CN(C)CCC(Oc1ccc2c(c1)CCC(c1ccccc1)O2)c1ccccc1. The van der Waals surface area contributed by atoms with Gasteiger partial charge < -0.3 is 14.4 Å². The van der Waals surface area contributed by atoms with Crippen molar-refractivity contribution >= 4 is 0 Å². The minimum atomic E-state index is 0.0400. The van der Waals surface area contributed by atoms with E-state index >= 15 is 0 Å². The molecule has 3 nitrogen and oxygen atoms in total. The second kappa shape index (κ2) is 9.15. The summed E-state index contributed by atoms with van der Waals surface area (Å²) in [6.45, 7) is 0.979. The maximum Gasteiger partial charge on any atom is 0.125 e. The molecule has 29 heavy (non-hydrogen) atoms. The molecule has 2 atom stereocenters. The lowest BCUT2D eigenvalue weighted by molar-refractivity contribution is 0.169. The number of hydrogen-bond acceptors (Lipinski definition) is 3. The van der Waals surface area contributed by atoms with Crippen LogP contribution in [0.5, 0.6) is 11.5 Å². The number of benzene rings is 3. The first-order chi connectivity index (χ1) is 14.2. The Hall–Kier alpha value is -2.78. The van der Waals surface area contributed by atoms with Crippen LogP contribution in [0.3, 0.4) is 0 Å². The van der Waals surface area contributed by atoms with Crippen LogP contribution in [0.15, 0.2) is 78.9 Å². The lowest BCUT2D eigenvalue weighted by Crippen LogP contribution is -2.19. The van der Waals surface area contributed by atoms with E-state index in [1.807, 2.05) is 18.2 Å². The van der Waals surface area contributed by atoms with E-state index in [4.69, 9.17) is 9.47 Å².